The summed E-state index contributed by atoms with van der Waals surface area (Å²) >= 11 is 0. The molecule has 6 heteroatoms. The van der Waals surface area contributed by atoms with Crippen molar-refractivity contribution in [3.63, 3.8) is 0 Å². The van der Waals surface area contributed by atoms with Crippen molar-refractivity contribution in [1.29, 1.82) is 0 Å². The normalized spacial score (nSPS) is 19.4. The van der Waals surface area contributed by atoms with E-state index >= 15 is 0 Å². The van der Waals surface area contributed by atoms with Crippen LogP contribution < -0.4 is 5.73 Å². The number of aliphatic hydroxyl groups is 1. The maximum absolute atomic E-state index is 11.7. The Morgan fingerprint density at radius 1 is 1.39 bits per heavy atom. The Bertz CT molecular complexity index is 303. The highest BCUT2D eigenvalue weighted by Crippen LogP contribution is 2.19. The number of carbonyl (C=O) groups excluding carboxylic acids is 1. The van der Waals surface area contributed by atoms with Crippen LogP contribution in [0.3, 0.4) is 0 Å². The Kier molecular flexibility index (Phi) is 6.28. The number of esters is 1. The van der Waals surface area contributed by atoms with E-state index in [1.165, 1.54) is 6.92 Å². The molecule has 106 valence electrons. The minimum absolute atomic E-state index is 0.112. The Balaban J connectivity index is 4.81. The minimum Gasteiger partial charge on any atom is -0.478 e. The molecule has 0 aliphatic carbocycles. The molecule has 0 fully saturated rings. The molecule has 4 atom stereocenters. The zero-order chi connectivity index (χ0) is 14.5. The molecule has 0 aliphatic heterocycles. The minimum atomic E-state index is -1.61. The average molecular weight is 261 g/mol. The highest BCUT2D eigenvalue weighted by atomic mass is 16.6. The quantitative estimate of drug-likeness (QED) is 0.576. The monoisotopic (exact) mass is 261 g/mol. The van der Waals surface area contributed by atoms with Crippen molar-refractivity contribution in [2.24, 2.45) is 11.7 Å². The lowest BCUT2D eigenvalue weighted by molar-refractivity contribution is -0.183. The molecule has 0 aromatic rings. The molecule has 0 amide bonds. The van der Waals surface area contributed by atoms with Crippen LogP contribution >= 0.6 is 0 Å². The van der Waals surface area contributed by atoms with E-state index < -0.39 is 29.7 Å². The van der Waals surface area contributed by atoms with Crippen LogP contribution in [0.15, 0.2) is 0 Å². The topological polar surface area (TPSA) is 110 Å². The fourth-order valence-electron chi connectivity index (χ4n) is 1.31. The van der Waals surface area contributed by atoms with Crippen LogP contribution in [0.2, 0.25) is 0 Å². The molecule has 0 saturated carbocycles. The van der Waals surface area contributed by atoms with Gasteiger partial charge in [0.05, 0.1) is 0 Å². The van der Waals surface area contributed by atoms with Gasteiger partial charge in [0, 0.05) is 0 Å². The van der Waals surface area contributed by atoms with Crippen LogP contribution in [0.4, 0.5) is 0 Å². The molecule has 6 nitrogen and oxygen atoms in total. The summed E-state index contributed by atoms with van der Waals surface area (Å²) < 4.78 is 4.84. The molecule has 0 aromatic heterocycles. The first-order valence-corrected chi connectivity index (χ1v) is 6.08. The fraction of sp³-hybridized carbons (Fsp3) is 0.833. The number of rotatable bonds is 7. The smallest absolute Gasteiger partial charge is 0.348 e. The van der Waals surface area contributed by atoms with Gasteiger partial charge in [0.25, 0.3) is 0 Å². The third-order valence-electron chi connectivity index (χ3n) is 3.27. The summed E-state index contributed by atoms with van der Waals surface area (Å²) in [5.74, 6) is -2.30. The number of ether oxygens (including phenoxy) is 1. The van der Waals surface area contributed by atoms with Gasteiger partial charge in [-0.05, 0) is 19.3 Å². The second-order valence-corrected chi connectivity index (χ2v) is 4.78. The van der Waals surface area contributed by atoms with Gasteiger partial charge in [-0.2, -0.15) is 0 Å². The maximum Gasteiger partial charge on any atom is 0.348 e. The van der Waals surface area contributed by atoms with Gasteiger partial charge in [-0.1, -0.05) is 27.2 Å². The van der Waals surface area contributed by atoms with Gasteiger partial charge in [-0.25, -0.2) is 4.79 Å². The Hall–Kier alpha value is -1.14. The molecule has 0 heterocycles. The first kappa shape index (κ1) is 16.9. The van der Waals surface area contributed by atoms with Crippen molar-refractivity contribution in [3.05, 3.63) is 0 Å². The SMILES string of the molecule is CC[C@H](C)[C@H](N)C(=O)O[C@@H](C(=O)O)[C@](C)(O)CC. The molecule has 0 spiro atoms. The van der Waals surface area contributed by atoms with Crippen LogP contribution in [-0.2, 0) is 14.3 Å². The van der Waals surface area contributed by atoms with Crippen LogP contribution in [0.1, 0.15) is 40.5 Å². The van der Waals surface area contributed by atoms with Crippen molar-refractivity contribution < 1.29 is 24.5 Å². The van der Waals surface area contributed by atoms with E-state index in [9.17, 15) is 14.7 Å². The lowest BCUT2D eigenvalue weighted by atomic mass is 9.95. The van der Waals surface area contributed by atoms with E-state index in [0.29, 0.717) is 6.42 Å². The highest BCUT2D eigenvalue weighted by Gasteiger charge is 2.40. The largest absolute Gasteiger partial charge is 0.478 e. The van der Waals surface area contributed by atoms with E-state index in [1.54, 1.807) is 13.8 Å². The molecule has 0 bridgehead atoms. The van der Waals surface area contributed by atoms with Gasteiger partial charge in [-0.3, -0.25) is 4.79 Å². The predicted molar refractivity (Wildman–Crippen MR) is 65.9 cm³/mol. The second-order valence-electron chi connectivity index (χ2n) is 4.78. The van der Waals surface area contributed by atoms with Crippen molar-refractivity contribution in [3.8, 4) is 0 Å². The number of carboxylic acids is 1. The summed E-state index contributed by atoms with van der Waals surface area (Å²) in [7, 11) is 0. The molecule has 0 aromatic carbocycles. The molecule has 0 saturated heterocycles. The molecule has 0 radical (unpaired) electrons. The Labute approximate surface area is 107 Å². The maximum atomic E-state index is 11.7. The Morgan fingerprint density at radius 3 is 2.22 bits per heavy atom. The molecule has 18 heavy (non-hydrogen) atoms. The van der Waals surface area contributed by atoms with E-state index in [4.69, 9.17) is 15.6 Å². The average Bonchev–Trinajstić information content (AvgIpc) is 2.32. The summed E-state index contributed by atoms with van der Waals surface area (Å²) in [4.78, 5) is 22.7. The number of aliphatic carboxylic acids is 1. The van der Waals surface area contributed by atoms with Crippen LogP contribution in [0, 0.1) is 5.92 Å². The van der Waals surface area contributed by atoms with Gasteiger partial charge in [-0.15, -0.1) is 0 Å². The lowest BCUT2D eigenvalue weighted by Crippen LogP contribution is -2.50. The third kappa shape index (κ3) is 4.27. The number of nitrogens with two attached hydrogens (primary N) is 1. The van der Waals surface area contributed by atoms with E-state index in [1.807, 2.05) is 6.92 Å². The number of hydrogen-bond acceptors (Lipinski definition) is 5. The van der Waals surface area contributed by atoms with Crippen molar-refractivity contribution in [1.82, 2.24) is 0 Å². The number of hydrogen-bond donors (Lipinski definition) is 3. The summed E-state index contributed by atoms with van der Waals surface area (Å²) in [5, 5.41) is 18.9. The van der Waals surface area contributed by atoms with Crippen molar-refractivity contribution in [2.45, 2.75) is 58.3 Å². The number of carbonyl (C=O) groups is 2. The molecule has 4 N–H and O–H groups in total. The van der Waals surface area contributed by atoms with Gasteiger partial charge in [0.1, 0.15) is 11.6 Å². The second kappa shape index (κ2) is 6.70. The molecule has 0 aliphatic rings. The van der Waals surface area contributed by atoms with Crippen molar-refractivity contribution in [2.75, 3.05) is 0 Å². The first-order chi connectivity index (χ1) is 8.17. The standard InChI is InChI=1S/C12H23NO5/c1-5-7(3)8(13)11(16)18-9(10(14)15)12(4,17)6-2/h7-9,17H,5-6,13H2,1-4H3,(H,14,15)/t7-,8-,9-,12+/m0/s1. The zero-order valence-corrected chi connectivity index (χ0v) is 11.3. The lowest BCUT2D eigenvalue weighted by Gasteiger charge is -2.29. The van der Waals surface area contributed by atoms with E-state index in [2.05, 4.69) is 0 Å². The van der Waals surface area contributed by atoms with E-state index in [-0.39, 0.29) is 12.3 Å². The molecule has 0 rings (SSSR count). The third-order valence-corrected chi connectivity index (χ3v) is 3.27. The predicted octanol–water partition coefficient (Wildman–Crippen LogP) is 0.517. The first-order valence-electron chi connectivity index (χ1n) is 6.08. The summed E-state index contributed by atoms with van der Waals surface area (Å²) in [6.07, 6.45) is -0.779. The highest BCUT2D eigenvalue weighted by molar-refractivity contribution is 5.81. The van der Waals surface area contributed by atoms with Gasteiger partial charge < -0.3 is 20.7 Å². The van der Waals surface area contributed by atoms with Gasteiger partial charge in [0.2, 0.25) is 6.10 Å². The van der Waals surface area contributed by atoms with E-state index in [0.717, 1.165) is 0 Å². The van der Waals surface area contributed by atoms with Crippen LogP contribution in [0.5, 0.6) is 0 Å². The van der Waals surface area contributed by atoms with Crippen molar-refractivity contribution >= 4 is 11.9 Å². The summed E-state index contributed by atoms with van der Waals surface area (Å²) in [6, 6.07) is -0.885. The van der Waals surface area contributed by atoms with Crippen LogP contribution in [-0.4, -0.2) is 39.9 Å². The summed E-state index contributed by atoms with van der Waals surface area (Å²) in [6.45, 7) is 6.57. The summed E-state index contributed by atoms with van der Waals surface area (Å²) in [5.41, 5.74) is 4.04. The Morgan fingerprint density at radius 2 is 1.89 bits per heavy atom. The number of carboxylic acid groups (broad SMARTS) is 1. The molecular weight excluding hydrogens is 238 g/mol. The van der Waals surface area contributed by atoms with Gasteiger partial charge >= 0.3 is 11.9 Å². The fourth-order valence-corrected chi connectivity index (χ4v) is 1.31. The molecular formula is C12H23NO5. The zero-order valence-electron chi connectivity index (χ0n) is 11.3. The van der Waals surface area contributed by atoms with Crippen LogP contribution in [0.25, 0.3) is 0 Å². The molecule has 0 unspecified atom stereocenters. The van der Waals surface area contributed by atoms with Gasteiger partial charge in [0.15, 0.2) is 0 Å².